The van der Waals surface area contributed by atoms with Crippen LogP contribution in [-0.2, 0) is 25.0 Å². The number of anilines is 4. The first kappa shape index (κ1) is 35.8. The van der Waals surface area contributed by atoms with Gasteiger partial charge in [0.25, 0.3) is 20.2 Å². The monoisotopic (exact) mass is 720 g/mol. The summed E-state index contributed by atoms with van der Waals surface area (Å²) in [6.07, 6.45) is 2.82. The lowest BCUT2D eigenvalue weighted by Gasteiger charge is -2.24. The minimum absolute atomic E-state index is 0.00504. The molecule has 0 heterocycles. The van der Waals surface area contributed by atoms with E-state index in [0.717, 1.165) is 43.6 Å². The molecular formula is C33H32N6O9S2. The number of amides is 1. The first-order chi connectivity index (χ1) is 23.6. The molecule has 4 aromatic rings. The molecule has 0 fully saturated rings. The topological polar surface area (TPSA) is 252 Å². The van der Waals surface area contributed by atoms with Crippen LogP contribution in [0.2, 0.25) is 0 Å². The second-order valence-electron chi connectivity index (χ2n) is 11.5. The third-order valence-electron chi connectivity index (χ3n) is 7.98. The van der Waals surface area contributed by atoms with Crippen LogP contribution in [0.4, 0.5) is 34.1 Å². The number of nitrogens with zero attached hydrogens (tertiary/aromatic N) is 3. The number of benzene rings is 4. The van der Waals surface area contributed by atoms with E-state index in [-0.39, 0.29) is 39.7 Å². The van der Waals surface area contributed by atoms with Gasteiger partial charge in [-0.05, 0) is 61.4 Å². The molecule has 5 rings (SSSR count). The zero-order chi connectivity index (χ0) is 36.4. The number of nitrogens with two attached hydrogens (primary N) is 2. The van der Waals surface area contributed by atoms with Crippen LogP contribution in [0, 0.1) is 0 Å². The van der Waals surface area contributed by atoms with E-state index < -0.39 is 52.8 Å². The van der Waals surface area contributed by atoms with Gasteiger partial charge < -0.3 is 21.7 Å². The van der Waals surface area contributed by atoms with E-state index in [2.05, 4.69) is 15.5 Å². The minimum atomic E-state index is -5.04. The van der Waals surface area contributed by atoms with E-state index in [9.17, 15) is 40.3 Å². The van der Waals surface area contributed by atoms with E-state index in [1.54, 1.807) is 12.1 Å². The van der Waals surface area contributed by atoms with Gasteiger partial charge in [0.1, 0.15) is 9.79 Å². The lowest BCUT2D eigenvalue weighted by atomic mass is 9.82. The summed E-state index contributed by atoms with van der Waals surface area (Å²) in [7, 11) is -8.08. The van der Waals surface area contributed by atoms with Crippen molar-refractivity contribution in [1.82, 2.24) is 0 Å². The molecule has 0 atom stereocenters. The summed E-state index contributed by atoms with van der Waals surface area (Å²) >= 11 is 0. The highest BCUT2D eigenvalue weighted by Gasteiger charge is 2.36. The summed E-state index contributed by atoms with van der Waals surface area (Å²) < 4.78 is 69.5. The Morgan fingerprint density at radius 3 is 1.94 bits per heavy atom. The molecule has 7 N–H and O–H groups in total. The number of carbonyl (C=O) groups is 3. The number of rotatable bonds is 13. The van der Waals surface area contributed by atoms with E-state index in [4.69, 9.17) is 11.5 Å². The van der Waals surface area contributed by atoms with Crippen molar-refractivity contribution in [2.24, 2.45) is 16.0 Å². The van der Waals surface area contributed by atoms with Crippen molar-refractivity contribution in [2.75, 3.05) is 29.5 Å². The Balaban J connectivity index is 1.44. The fourth-order valence-electron chi connectivity index (χ4n) is 5.48. The fourth-order valence-corrected chi connectivity index (χ4v) is 6.80. The molecule has 1 amide bonds. The van der Waals surface area contributed by atoms with Gasteiger partial charge in [-0.25, -0.2) is 0 Å². The predicted octanol–water partition coefficient (Wildman–Crippen LogP) is 5.18. The van der Waals surface area contributed by atoms with E-state index >= 15 is 0 Å². The maximum Gasteiger partial charge on any atom is 0.296 e. The normalized spacial score (nSPS) is 12.9. The number of carbonyl (C=O) groups excluding carboxylic acids is 3. The highest BCUT2D eigenvalue weighted by atomic mass is 32.2. The number of nitrogen functional groups attached to an aromatic ring is 1. The summed E-state index contributed by atoms with van der Waals surface area (Å²) in [5.41, 5.74) is 10.3. The molecule has 4 aromatic carbocycles. The first-order valence-electron chi connectivity index (χ1n) is 15.1. The van der Waals surface area contributed by atoms with Crippen molar-refractivity contribution in [1.29, 1.82) is 0 Å². The fraction of sp³-hybridized carbons (Fsp3) is 0.182. The zero-order valence-electron chi connectivity index (χ0n) is 26.5. The maximum absolute atomic E-state index is 13.6. The number of ketones is 2. The second kappa shape index (κ2) is 14.2. The number of primary amides is 1. The number of nitrogens with one attached hydrogen (secondary N) is 1. The Morgan fingerprint density at radius 1 is 0.760 bits per heavy atom. The summed E-state index contributed by atoms with van der Waals surface area (Å²) in [5, 5.41) is 10.8. The van der Waals surface area contributed by atoms with Crippen LogP contribution < -0.4 is 21.7 Å². The van der Waals surface area contributed by atoms with Crippen LogP contribution in [0.3, 0.4) is 0 Å². The highest BCUT2D eigenvalue weighted by molar-refractivity contribution is 7.86. The van der Waals surface area contributed by atoms with Crippen LogP contribution in [-0.4, -0.2) is 57.0 Å². The van der Waals surface area contributed by atoms with Gasteiger partial charge in [-0.1, -0.05) is 30.7 Å². The molecule has 0 unspecified atom stereocenters. The van der Waals surface area contributed by atoms with Gasteiger partial charge in [0, 0.05) is 36.8 Å². The molecular weight excluding hydrogens is 689 g/mol. The van der Waals surface area contributed by atoms with Gasteiger partial charge in [-0.15, -0.1) is 0 Å². The largest absolute Gasteiger partial charge is 0.397 e. The van der Waals surface area contributed by atoms with Crippen LogP contribution in [0.1, 0.15) is 57.5 Å². The third-order valence-corrected chi connectivity index (χ3v) is 9.77. The average molecular weight is 721 g/mol. The molecule has 1 aliphatic carbocycles. The van der Waals surface area contributed by atoms with E-state index in [0.29, 0.717) is 12.1 Å². The number of unbranched alkanes of at least 4 members (excludes halogenated alkanes) is 2. The van der Waals surface area contributed by atoms with Gasteiger partial charge in [-0.2, -0.15) is 27.1 Å². The number of hydrogen-bond acceptors (Lipinski definition) is 12. The van der Waals surface area contributed by atoms with Crippen LogP contribution in [0.25, 0.3) is 0 Å². The summed E-state index contributed by atoms with van der Waals surface area (Å²) in [5.74, 6) is -1.83. The molecule has 260 valence electrons. The van der Waals surface area contributed by atoms with Crippen molar-refractivity contribution < 1.29 is 40.3 Å². The Bertz CT molecular complexity index is 2270. The summed E-state index contributed by atoms with van der Waals surface area (Å²) in [6.45, 7) is 0.756. The van der Waals surface area contributed by atoms with E-state index in [1.807, 2.05) is 24.1 Å². The van der Waals surface area contributed by atoms with Gasteiger partial charge in [-0.3, -0.25) is 23.5 Å². The summed E-state index contributed by atoms with van der Waals surface area (Å²) in [6, 6.07) is 17.2. The van der Waals surface area contributed by atoms with Gasteiger partial charge in [0.15, 0.2) is 11.6 Å². The maximum atomic E-state index is 13.6. The minimum Gasteiger partial charge on any atom is -0.397 e. The second-order valence-corrected chi connectivity index (χ2v) is 14.2. The molecule has 0 saturated carbocycles. The summed E-state index contributed by atoms with van der Waals surface area (Å²) in [4.78, 5) is 38.4. The van der Waals surface area contributed by atoms with Crippen LogP contribution in [0.15, 0.2) is 92.8 Å². The van der Waals surface area contributed by atoms with Gasteiger partial charge >= 0.3 is 0 Å². The average Bonchev–Trinajstić information content (AvgIpc) is 3.06. The Hall–Kier alpha value is -5.49. The van der Waals surface area contributed by atoms with Crippen LogP contribution >= 0.6 is 0 Å². The van der Waals surface area contributed by atoms with Crippen molar-refractivity contribution in [3.05, 3.63) is 95.1 Å². The molecule has 15 nitrogen and oxygen atoms in total. The van der Waals surface area contributed by atoms with Gasteiger partial charge in [0.2, 0.25) is 5.91 Å². The molecule has 50 heavy (non-hydrogen) atoms. The standard InChI is InChI=1S/C33H32N6O9S2/c1-39(16-6-2-3-9-28(34)40)21-13-10-19(11-14-21)37-38-20-12-15-24(26(17-20)49(43,44)45)36-25-18-27(50(46,47)48)31(35)30-29(25)32(41)22-7-4-5-8-23(22)33(30)42/h4-5,7-8,10-15,17-18,36H,2-3,6,9,16,35H2,1H3,(H2,34,40)(H,43,44,45)(H,46,47,48)/b38-37+. The lowest BCUT2D eigenvalue weighted by molar-refractivity contribution is -0.118. The Labute approximate surface area is 287 Å². The zero-order valence-corrected chi connectivity index (χ0v) is 28.2. The molecule has 1 aliphatic rings. The van der Waals surface area contributed by atoms with Crippen molar-refractivity contribution in [3.63, 3.8) is 0 Å². The number of hydrogen-bond donors (Lipinski definition) is 5. The number of fused-ring (bicyclic) bond motifs is 2. The third kappa shape index (κ3) is 7.70. The predicted molar refractivity (Wildman–Crippen MR) is 185 cm³/mol. The van der Waals surface area contributed by atoms with Crippen molar-refractivity contribution >= 4 is 71.8 Å². The first-order valence-corrected chi connectivity index (χ1v) is 18.0. The molecule has 0 bridgehead atoms. The molecule has 0 aromatic heterocycles. The van der Waals surface area contributed by atoms with Crippen molar-refractivity contribution in [2.45, 2.75) is 35.5 Å². The Morgan fingerprint density at radius 2 is 1.34 bits per heavy atom. The molecule has 0 saturated heterocycles. The molecule has 0 radical (unpaired) electrons. The van der Waals surface area contributed by atoms with E-state index in [1.165, 1.54) is 36.4 Å². The quantitative estimate of drug-likeness (QED) is 0.0457. The smallest absolute Gasteiger partial charge is 0.296 e. The van der Waals surface area contributed by atoms with Gasteiger partial charge in [0.05, 0.1) is 39.6 Å². The van der Waals surface area contributed by atoms with Crippen LogP contribution in [0.5, 0.6) is 0 Å². The SMILES string of the molecule is CN(CCCCCC(N)=O)c1ccc(/N=N/c2ccc(Nc3cc(S(=O)(=O)O)c(N)c4c3C(=O)c3ccccc3C4=O)c(S(=O)(=O)O)c2)cc1. The molecule has 17 heteroatoms. The van der Waals surface area contributed by atoms with Crippen molar-refractivity contribution in [3.8, 4) is 0 Å². The lowest BCUT2D eigenvalue weighted by Crippen LogP contribution is -2.25. The highest BCUT2D eigenvalue weighted by Crippen LogP contribution is 2.41. The number of azo groups is 1. The Kier molecular flexibility index (Phi) is 10.1. The molecule has 0 aliphatic heterocycles. The molecule has 0 spiro atoms.